The first kappa shape index (κ1) is 10.6. The van der Waals surface area contributed by atoms with Gasteiger partial charge in [0, 0.05) is 32.7 Å². The smallest absolute Gasteiger partial charge is 0.290 e. The van der Waals surface area contributed by atoms with Gasteiger partial charge >= 0.3 is 0 Å². The standard InChI is InChI=1S/C11H17NO3/c1-11(3-6-15-7-4-11)8-12-5-2-9(13)10(12)14/h2-8H2,1H3. The summed E-state index contributed by atoms with van der Waals surface area (Å²) in [7, 11) is 0. The second kappa shape index (κ2) is 3.93. The van der Waals surface area contributed by atoms with Crippen molar-refractivity contribution in [2.45, 2.75) is 26.2 Å². The minimum absolute atomic E-state index is 0.137. The van der Waals surface area contributed by atoms with Crippen LogP contribution in [-0.4, -0.2) is 42.9 Å². The van der Waals surface area contributed by atoms with Crippen LogP contribution in [0.25, 0.3) is 0 Å². The summed E-state index contributed by atoms with van der Waals surface area (Å²) in [6, 6.07) is 0. The lowest BCUT2D eigenvalue weighted by Gasteiger charge is -2.36. The number of ketones is 1. The van der Waals surface area contributed by atoms with Gasteiger partial charge in [-0.05, 0) is 18.3 Å². The Labute approximate surface area is 89.6 Å². The molecule has 0 bridgehead atoms. The molecule has 0 spiro atoms. The maximum Gasteiger partial charge on any atom is 0.290 e. The van der Waals surface area contributed by atoms with Crippen LogP contribution < -0.4 is 0 Å². The van der Waals surface area contributed by atoms with E-state index in [4.69, 9.17) is 4.74 Å². The molecule has 0 aromatic heterocycles. The third kappa shape index (κ3) is 2.20. The fraction of sp³-hybridized carbons (Fsp3) is 0.818. The van der Waals surface area contributed by atoms with E-state index in [2.05, 4.69) is 6.92 Å². The average Bonchev–Trinajstić information content (AvgIpc) is 2.50. The number of likely N-dealkylation sites (tertiary alicyclic amines) is 1. The van der Waals surface area contributed by atoms with Gasteiger partial charge < -0.3 is 9.64 Å². The summed E-state index contributed by atoms with van der Waals surface area (Å²) in [5.74, 6) is -0.520. The highest BCUT2D eigenvalue weighted by molar-refractivity contribution is 6.37. The van der Waals surface area contributed by atoms with Gasteiger partial charge in [0.25, 0.3) is 5.91 Å². The Kier molecular flexibility index (Phi) is 2.78. The second-order valence-electron chi connectivity index (χ2n) is 4.82. The van der Waals surface area contributed by atoms with Crippen LogP contribution in [0.4, 0.5) is 0 Å². The molecule has 2 heterocycles. The van der Waals surface area contributed by atoms with Crippen LogP contribution in [0.1, 0.15) is 26.2 Å². The highest BCUT2D eigenvalue weighted by Gasteiger charge is 2.36. The van der Waals surface area contributed by atoms with Gasteiger partial charge in [-0.15, -0.1) is 0 Å². The number of carbonyl (C=O) groups excluding carboxylic acids is 2. The van der Waals surface area contributed by atoms with Gasteiger partial charge in [-0.3, -0.25) is 9.59 Å². The van der Waals surface area contributed by atoms with E-state index in [1.54, 1.807) is 4.90 Å². The molecule has 0 aliphatic carbocycles. The molecule has 4 heteroatoms. The molecule has 1 amide bonds. The van der Waals surface area contributed by atoms with Gasteiger partial charge in [0.05, 0.1) is 0 Å². The molecule has 0 saturated carbocycles. The predicted octanol–water partition coefficient (Wildman–Crippen LogP) is 0.604. The Balaban J connectivity index is 1.96. The first-order valence-corrected chi connectivity index (χ1v) is 5.51. The van der Waals surface area contributed by atoms with Crippen molar-refractivity contribution < 1.29 is 14.3 Å². The molecule has 0 aromatic carbocycles. The minimum Gasteiger partial charge on any atom is -0.381 e. The molecular formula is C11H17NO3. The molecule has 0 unspecified atom stereocenters. The Morgan fingerprint density at radius 1 is 1.33 bits per heavy atom. The number of amides is 1. The quantitative estimate of drug-likeness (QED) is 0.628. The lowest BCUT2D eigenvalue weighted by atomic mass is 9.82. The van der Waals surface area contributed by atoms with Gasteiger partial charge in [-0.25, -0.2) is 0 Å². The summed E-state index contributed by atoms with van der Waals surface area (Å²) < 4.78 is 5.31. The normalized spacial score (nSPS) is 26.1. The van der Waals surface area contributed by atoms with E-state index >= 15 is 0 Å². The number of nitrogens with zero attached hydrogens (tertiary/aromatic N) is 1. The minimum atomic E-state index is -0.289. The zero-order chi connectivity index (χ0) is 10.9. The van der Waals surface area contributed by atoms with E-state index in [0.29, 0.717) is 19.5 Å². The van der Waals surface area contributed by atoms with Gasteiger partial charge in [-0.1, -0.05) is 6.92 Å². The summed E-state index contributed by atoms with van der Waals surface area (Å²) >= 11 is 0. The van der Waals surface area contributed by atoms with Gasteiger partial charge in [0.15, 0.2) is 0 Å². The number of hydrogen-bond acceptors (Lipinski definition) is 3. The van der Waals surface area contributed by atoms with E-state index in [1.807, 2.05) is 0 Å². The number of rotatable bonds is 2. The van der Waals surface area contributed by atoms with E-state index in [1.165, 1.54) is 0 Å². The fourth-order valence-electron chi connectivity index (χ4n) is 2.26. The summed E-state index contributed by atoms with van der Waals surface area (Å²) in [5.41, 5.74) is 0.137. The van der Waals surface area contributed by atoms with Crippen molar-refractivity contribution in [3.63, 3.8) is 0 Å². The van der Waals surface area contributed by atoms with Crippen molar-refractivity contribution in [2.24, 2.45) is 5.41 Å². The number of hydrogen-bond donors (Lipinski definition) is 0. The summed E-state index contributed by atoms with van der Waals surface area (Å²) in [6.07, 6.45) is 2.35. The molecule has 2 fully saturated rings. The molecule has 0 radical (unpaired) electrons. The van der Waals surface area contributed by atoms with Gasteiger partial charge in [0.2, 0.25) is 5.78 Å². The molecule has 0 aromatic rings. The Bertz CT molecular complexity index is 282. The number of Topliss-reactive ketones (excluding diaryl/α,β-unsaturated/α-hetero) is 1. The molecule has 84 valence electrons. The summed E-state index contributed by atoms with van der Waals surface area (Å²) in [5, 5.41) is 0. The molecule has 2 rings (SSSR count). The zero-order valence-electron chi connectivity index (χ0n) is 9.12. The third-order valence-corrected chi connectivity index (χ3v) is 3.41. The van der Waals surface area contributed by atoms with Crippen LogP contribution in [0.5, 0.6) is 0 Å². The SMILES string of the molecule is CC1(CN2CCC(=O)C2=O)CCOCC1. The largest absolute Gasteiger partial charge is 0.381 e. The molecule has 2 aliphatic rings. The Hall–Kier alpha value is -0.900. The first-order chi connectivity index (χ1) is 7.11. The van der Waals surface area contributed by atoms with Gasteiger partial charge in [-0.2, -0.15) is 0 Å². The van der Waals surface area contributed by atoms with Crippen molar-refractivity contribution in [2.75, 3.05) is 26.3 Å². The van der Waals surface area contributed by atoms with Crippen molar-refractivity contribution >= 4 is 11.7 Å². The molecule has 0 atom stereocenters. The average molecular weight is 211 g/mol. The van der Waals surface area contributed by atoms with Crippen molar-refractivity contribution in [1.29, 1.82) is 0 Å². The molecule has 0 N–H and O–H groups in total. The first-order valence-electron chi connectivity index (χ1n) is 5.51. The fourth-order valence-corrected chi connectivity index (χ4v) is 2.26. The maximum absolute atomic E-state index is 11.5. The van der Waals surface area contributed by atoms with Crippen LogP contribution in [0, 0.1) is 5.41 Å². The summed E-state index contributed by atoms with van der Waals surface area (Å²) in [6.45, 7) is 5.03. The highest BCUT2D eigenvalue weighted by Crippen LogP contribution is 2.31. The molecular weight excluding hydrogens is 194 g/mol. The van der Waals surface area contributed by atoms with Crippen LogP contribution in [0.2, 0.25) is 0 Å². The Morgan fingerprint density at radius 2 is 2.00 bits per heavy atom. The van der Waals surface area contributed by atoms with E-state index in [0.717, 1.165) is 26.1 Å². The van der Waals surface area contributed by atoms with E-state index in [9.17, 15) is 9.59 Å². The zero-order valence-corrected chi connectivity index (χ0v) is 9.12. The third-order valence-electron chi connectivity index (χ3n) is 3.41. The van der Waals surface area contributed by atoms with Gasteiger partial charge in [0.1, 0.15) is 0 Å². The highest BCUT2D eigenvalue weighted by atomic mass is 16.5. The molecule has 4 nitrogen and oxygen atoms in total. The van der Waals surface area contributed by atoms with E-state index < -0.39 is 0 Å². The van der Waals surface area contributed by atoms with E-state index in [-0.39, 0.29) is 17.1 Å². The summed E-state index contributed by atoms with van der Waals surface area (Å²) in [4.78, 5) is 24.3. The topological polar surface area (TPSA) is 46.6 Å². The number of ether oxygens (including phenoxy) is 1. The molecule has 15 heavy (non-hydrogen) atoms. The lowest BCUT2D eigenvalue weighted by molar-refractivity contribution is -0.141. The predicted molar refractivity (Wildman–Crippen MR) is 54.4 cm³/mol. The van der Waals surface area contributed by atoms with Crippen LogP contribution in [-0.2, 0) is 14.3 Å². The molecule has 2 aliphatic heterocycles. The van der Waals surface area contributed by atoms with Crippen molar-refractivity contribution in [3.8, 4) is 0 Å². The second-order valence-corrected chi connectivity index (χ2v) is 4.82. The lowest BCUT2D eigenvalue weighted by Crippen LogP contribution is -2.41. The number of carbonyl (C=O) groups is 2. The molecule has 2 saturated heterocycles. The van der Waals surface area contributed by atoms with Crippen molar-refractivity contribution in [1.82, 2.24) is 4.90 Å². The Morgan fingerprint density at radius 3 is 2.53 bits per heavy atom. The van der Waals surface area contributed by atoms with Crippen LogP contribution >= 0.6 is 0 Å². The monoisotopic (exact) mass is 211 g/mol. The maximum atomic E-state index is 11.5. The van der Waals surface area contributed by atoms with Crippen molar-refractivity contribution in [3.05, 3.63) is 0 Å². The van der Waals surface area contributed by atoms with Crippen LogP contribution in [0.15, 0.2) is 0 Å². The van der Waals surface area contributed by atoms with Crippen LogP contribution in [0.3, 0.4) is 0 Å².